The summed E-state index contributed by atoms with van der Waals surface area (Å²) in [6.07, 6.45) is 0. The van der Waals surface area contributed by atoms with Gasteiger partial charge in [0.05, 0.1) is 9.79 Å². The lowest BCUT2D eigenvalue weighted by Crippen LogP contribution is -2.02. The summed E-state index contributed by atoms with van der Waals surface area (Å²) < 4.78 is 28.0. The molecule has 19 heavy (non-hydrogen) atoms. The number of sulfone groups is 1. The topological polar surface area (TPSA) is 34.1 Å². The third-order valence-corrected chi connectivity index (χ3v) is 7.91. The van der Waals surface area contributed by atoms with E-state index in [1.165, 1.54) is 0 Å². The van der Waals surface area contributed by atoms with Gasteiger partial charge >= 0.3 is 0 Å². The second-order valence-electron chi connectivity index (χ2n) is 3.66. The molecule has 100 valence electrons. The van der Waals surface area contributed by atoms with Crippen LogP contribution in [-0.4, -0.2) is 8.42 Å². The first-order chi connectivity index (χ1) is 8.82. The number of rotatable bonds is 2. The van der Waals surface area contributed by atoms with E-state index in [1.54, 1.807) is 36.4 Å². The van der Waals surface area contributed by atoms with Crippen LogP contribution in [0.1, 0.15) is 0 Å². The van der Waals surface area contributed by atoms with E-state index >= 15 is 0 Å². The van der Waals surface area contributed by atoms with Crippen LogP contribution in [-0.2, 0) is 9.84 Å². The number of halogens is 4. The SMILES string of the molecule is O=S(=O)(c1ccc(Br)c(Br)c1)c1ccc(Br)c(Br)c1. The Hall–Kier alpha value is 0.310. The minimum Gasteiger partial charge on any atom is -0.219 e. The van der Waals surface area contributed by atoms with E-state index < -0.39 is 9.84 Å². The number of hydrogen-bond donors (Lipinski definition) is 0. The maximum atomic E-state index is 12.5. The van der Waals surface area contributed by atoms with Crippen molar-refractivity contribution in [3.8, 4) is 0 Å². The van der Waals surface area contributed by atoms with Crippen molar-refractivity contribution < 1.29 is 8.42 Å². The highest BCUT2D eigenvalue weighted by Gasteiger charge is 2.19. The molecule has 0 amide bonds. The van der Waals surface area contributed by atoms with E-state index in [9.17, 15) is 8.42 Å². The van der Waals surface area contributed by atoms with E-state index in [0.717, 1.165) is 8.95 Å². The van der Waals surface area contributed by atoms with Crippen molar-refractivity contribution in [3.63, 3.8) is 0 Å². The van der Waals surface area contributed by atoms with E-state index in [0.29, 0.717) is 8.95 Å². The molecule has 0 aliphatic heterocycles. The van der Waals surface area contributed by atoms with Gasteiger partial charge in [0.25, 0.3) is 0 Å². The van der Waals surface area contributed by atoms with Gasteiger partial charge in [0.1, 0.15) is 0 Å². The molecule has 0 aliphatic carbocycles. The largest absolute Gasteiger partial charge is 0.219 e. The zero-order chi connectivity index (χ0) is 14.2. The lowest BCUT2D eigenvalue weighted by atomic mass is 10.4. The van der Waals surface area contributed by atoms with Gasteiger partial charge in [-0.25, -0.2) is 8.42 Å². The van der Waals surface area contributed by atoms with Crippen molar-refractivity contribution in [2.45, 2.75) is 9.79 Å². The Kier molecular flexibility index (Phi) is 4.93. The quantitative estimate of drug-likeness (QED) is 0.506. The van der Waals surface area contributed by atoms with Crippen LogP contribution in [0.15, 0.2) is 64.1 Å². The maximum Gasteiger partial charge on any atom is 0.206 e. The Bertz CT molecular complexity index is 684. The fourth-order valence-electron chi connectivity index (χ4n) is 1.42. The maximum absolute atomic E-state index is 12.5. The van der Waals surface area contributed by atoms with E-state index in [1.807, 2.05) is 0 Å². The first-order valence-electron chi connectivity index (χ1n) is 4.97. The lowest BCUT2D eigenvalue weighted by molar-refractivity contribution is 0.596. The summed E-state index contributed by atoms with van der Waals surface area (Å²) in [6, 6.07) is 9.70. The minimum atomic E-state index is -3.52. The first-order valence-corrected chi connectivity index (χ1v) is 9.63. The zero-order valence-electron chi connectivity index (χ0n) is 9.20. The Morgan fingerprint density at radius 2 is 1.00 bits per heavy atom. The summed E-state index contributed by atoms with van der Waals surface area (Å²) >= 11 is 13.3. The van der Waals surface area contributed by atoms with Gasteiger partial charge in [-0.3, -0.25) is 0 Å². The van der Waals surface area contributed by atoms with Crippen molar-refractivity contribution in [3.05, 3.63) is 54.3 Å². The highest BCUT2D eigenvalue weighted by molar-refractivity contribution is 9.13. The van der Waals surface area contributed by atoms with Gasteiger partial charge in [0.2, 0.25) is 9.84 Å². The van der Waals surface area contributed by atoms with Crippen molar-refractivity contribution in [2.75, 3.05) is 0 Å². The third-order valence-electron chi connectivity index (χ3n) is 2.40. The van der Waals surface area contributed by atoms with Gasteiger partial charge in [-0.05, 0) is 100 Å². The van der Waals surface area contributed by atoms with Crippen LogP contribution in [0, 0.1) is 0 Å². The molecule has 2 aromatic carbocycles. The van der Waals surface area contributed by atoms with Crippen LogP contribution >= 0.6 is 63.7 Å². The standard InChI is InChI=1S/C12H6Br4O2S/c13-9-3-1-7(5-11(9)15)19(17,18)8-2-4-10(14)12(16)6-8/h1-6H. The molecule has 0 radical (unpaired) electrons. The van der Waals surface area contributed by atoms with Crippen molar-refractivity contribution >= 4 is 73.6 Å². The molecule has 0 saturated carbocycles. The molecule has 0 N–H and O–H groups in total. The number of benzene rings is 2. The average Bonchev–Trinajstić information content (AvgIpc) is 2.35. The van der Waals surface area contributed by atoms with Gasteiger partial charge in [-0.1, -0.05) is 0 Å². The molecule has 0 spiro atoms. The van der Waals surface area contributed by atoms with Gasteiger partial charge in [-0.2, -0.15) is 0 Å². The third kappa shape index (κ3) is 3.32. The van der Waals surface area contributed by atoms with Gasteiger partial charge in [0, 0.05) is 17.9 Å². The molecular weight excluding hydrogens is 528 g/mol. The Morgan fingerprint density at radius 3 is 1.32 bits per heavy atom. The molecule has 0 unspecified atom stereocenters. The fourth-order valence-corrected chi connectivity index (χ4v) is 4.29. The van der Waals surface area contributed by atoms with Crippen LogP contribution < -0.4 is 0 Å². The van der Waals surface area contributed by atoms with E-state index in [2.05, 4.69) is 63.7 Å². The molecule has 0 aliphatic rings. The van der Waals surface area contributed by atoms with E-state index in [-0.39, 0.29) is 9.79 Å². The van der Waals surface area contributed by atoms with Crippen LogP contribution in [0.4, 0.5) is 0 Å². The highest BCUT2D eigenvalue weighted by atomic mass is 79.9. The lowest BCUT2D eigenvalue weighted by Gasteiger charge is -2.07. The molecule has 2 rings (SSSR count). The fraction of sp³-hybridized carbons (Fsp3) is 0. The van der Waals surface area contributed by atoms with Crippen molar-refractivity contribution in [2.24, 2.45) is 0 Å². The van der Waals surface area contributed by atoms with Gasteiger partial charge in [0.15, 0.2) is 0 Å². The first kappa shape index (κ1) is 15.7. The Balaban J connectivity index is 2.58. The molecule has 0 aromatic heterocycles. The summed E-state index contributed by atoms with van der Waals surface area (Å²) in [6.45, 7) is 0. The molecule has 7 heteroatoms. The average molecular weight is 534 g/mol. The van der Waals surface area contributed by atoms with Crippen molar-refractivity contribution in [1.29, 1.82) is 0 Å². The van der Waals surface area contributed by atoms with Gasteiger partial charge < -0.3 is 0 Å². The molecule has 2 aromatic rings. The summed E-state index contributed by atoms with van der Waals surface area (Å²) in [5.74, 6) is 0. The second-order valence-corrected chi connectivity index (χ2v) is 9.02. The smallest absolute Gasteiger partial charge is 0.206 e. The van der Waals surface area contributed by atoms with E-state index in [4.69, 9.17) is 0 Å². The molecule has 0 saturated heterocycles. The molecule has 0 heterocycles. The predicted octanol–water partition coefficient (Wildman–Crippen LogP) is 5.57. The predicted molar refractivity (Wildman–Crippen MR) is 89.1 cm³/mol. The molecule has 0 bridgehead atoms. The van der Waals surface area contributed by atoms with Crippen molar-refractivity contribution in [1.82, 2.24) is 0 Å². The Morgan fingerprint density at radius 1 is 0.632 bits per heavy atom. The second kappa shape index (κ2) is 5.97. The van der Waals surface area contributed by atoms with Gasteiger partial charge in [-0.15, -0.1) is 0 Å². The zero-order valence-corrected chi connectivity index (χ0v) is 16.4. The van der Waals surface area contributed by atoms with Crippen LogP contribution in [0.2, 0.25) is 0 Å². The number of hydrogen-bond acceptors (Lipinski definition) is 2. The molecule has 2 nitrogen and oxygen atoms in total. The summed E-state index contributed by atoms with van der Waals surface area (Å²) in [4.78, 5) is 0.494. The van der Waals surface area contributed by atoms with Crippen LogP contribution in [0.25, 0.3) is 0 Å². The minimum absolute atomic E-state index is 0.247. The van der Waals surface area contributed by atoms with Crippen LogP contribution in [0.5, 0.6) is 0 Å². The summed E-state index contributed by atoms with van der Waals surface area (Å²) in [5.41, 5.74) is 0. The molecule has 0 atom stereocenters. The monoisotopic (exact) mass is 530 g/mol. The Labute approximate surface area is 145 Å². The molecule has 0 fully saturated rings. The summed E-state index contributed by atoms with van der Waals surface area (Å²) in [7, 11) is -3.52. The molecular formula is C12H6Br4O2S. The summed E-state index contributed by atoms with van der Waals surface area (Å²) in [5, 5.41) is 0. The van der Waals surface area contributed by atoms with Crippen LogP contribution in [0.3, 0.4) is 0 Å². The highest BCUT2D eigenvalue weighted by Crippen LogP contribution is 2.31. The normalized spacial score (nSPS) is 11.6.